The van der Waals surface area contributed by atoms with Crippen molar-refractivity contribution in [2.45, 2.75) is 13.3 Å². The van der Waals surface area contributed by atoms with Crippen molar-refractivity contribution in [1.82, 2.24) is 10.3 Å². The molecule has 0 saturated heterocycles. The van der Waals surface area contributed by atoms with Crippen LogP contribution in [0.2, 0.25) is 5.02 Å². The summed E-state index contributed by atoms with van der Waals surface area (Å²) in [4.78, 5) is 26.7. The van der Waals surface area contributed by atoms with Gasteiger partial charge in [-0.15, -0.1) is 11.3 Å². The lowest BCUT2D eigenvalue weighted by Crippen LogP contribution is -2.29. The lowest BCUT2D eigenvalue weighted by molar-refractivity contribution is -0.254. The molecule has 0 unspecified atom stereocenters. The third-order valence-corrected chi connectivity index (χ3v) is 4.23. The molecule has 0 fully saturated rings. The van der Waals surface area contributed by atoms with Crippen LogP contribution in [0.3, 0.4) is 0 Å². The molecule has 6 nitrogen and oxygen atoms in total. The Morgan fingerprint density at radius 1 is 1.35 bits per heavy atom. The van der Waals surface area contributed by atoms with Crippen LogP contribution in [0.25, 0.3) is 0 Å². The predicted octanol–water partition coefficient (Wildman–Crippen LogP) is 1.21. The van der Waals surface area contributed by atoms with Crippen molar-refractivity contribution in [3.63, 3.8) is 0 Å². The molecule has 1 aromatic carbocycles. The highest BCUT2D eigenvalue weighted by atomic mass is 35.5. The standard InChI is InChI=1S/C15H15ClN2O4S/c1-9-14(15(20)21)23-13(18-9)8-12(19)17-6-7-22-11-4-2-10(16)3-5-11/h2-5H,6-8H2,1H3,(H,17,19)(H,20,21)/p-1. The van der Waals surface area contributed by atoms with E-state index in [4.69, 9.17) is 16.3 Å². The number of carbonyl (C=O) groups excluding carboxylic acids is 2. The topological polar surface area (TPSA) is 91.3 Å². The summed E-state index contributed by atoms with van der Waals surface area (Å²) >= 11 is 6.72. The number of aromatic carboxylic acids is 1. The van der Waals surface area contributed by atoms with Crippen LogP contribution in [0.1, 0.15) is 20.4 Å². The number of nitrogens with zero attached hydrogens (tertiary/aromatic N) is 1. The van der Waals surface area contributed by atoms with Gasteiger partial charge in [0.25, 0.3) is 0 Å². The Kier molecular flexibility index (Phi) is 5.95. The third kappa shape index (κ3) is 5.22. The van der Waals surface area contributed by atoms with E-state index in [9.17, 15) is 14.7 Å². The van der Waals surface area contributed by atoms with Gasteiger partial charge in [0.05, 0.1) is 29.5 Å². The minimum Gasteiger partial charge on any atom is -0.544 e. The van der Waals surface area contributed by atoms with E-state index >= 15 is 0 Å². The molecule has 1 heterocycles. The summed E-state index contributed by atoms with van der Waals surface area (Å²) in [6.45, 7) is 2.22. The monoisotopic (exact) mass is 353 g/mol. The Morgan fingerprint density at radius 3 is 2.65 bits per heavy atom. The van der Waals surface area contributed by atoms with Gasteiger partial charge >= 0.3 is 0 Å². The molecule has 0 aliphatic heterocycles. The van der Waals surface area contributed by atoms with Crippen LogP contribution in [0, 0.1) is 6.92 Å². The first-order chi connectivity index (χ1) is 11.0. The van der Waals surface area contributed by atoms with Gasteiger partial charge in [-0.25, -0.2) is 4.98 Å². The molecular weight excluding hydrogens is 340 g/mol. The number of rotatable bonds is 7. The van der Waals surface area contributed by atoms with Crippen molar-refractivity contribution in [2.24, 2.45) is 0 Å². The van der Waals surface area contributed by atoms with Crippen LogP contribution >= 0.6 is 22.9 Å². The molecule has 2 rings (SSSR count). The van der Waals surface area contributed by atoms with Crippen LogP contribution in [-0.2, 0) is 11.2 Å². The maximum Gasteiger partial charge on any atom is 0.226 e. The van der Waals surface area contributed by atoms with Gasteiger partial charge in [0.15, 0.2) is 0 Å². The van der Waals surface area contributed by atoms with Crippen molar-refractivity contribution in [2.75, 3.05) is 13.2 Å². The van der Waals surface area contributed by atoms with Gasteiger partial charge in [-0.2, -0.15) is 0 Å². The van der Waals surface area contributed by atoms with Gasteiger partial charge in [0.1, 0.15) is 17.4 Å². The van der Waals surface area contributed by atoms with Crippen molar-refractivity contribution in [3.05, 3.63) is 44.9 Å². The van der Waals surface area contributed by atoms with Crippen LogP contribution in [-0.4, -0.2) is 30.0 Å². The van der Waals surface area contributed by atoms with Gasteiger partial charge in [-0.3, -0.25) is 4.79 Å². The zero-order valence-corrected chi connectivity index (χ0v) is 13.9. The van der Waals surface area contributed by atoms with E-state index in [1.807, 2.05) is 0 Å². The highest BCUT2D eigenvalue weighted by molar-refractivity contribution is 7.13. The molecule has 0 saturated carbocycles. The van der Waals surface area contributed by atoms with E-state index in [-0.39, 0.29) is 17.2 Å². The summed E-state index contributed by atoms with van der Waals surface area (Å²) in [6, 6.07) is 6.91. The van der Waals surface area contributed by atoms with Crippen LogP contribution in [0.5, 0.6) is 5.75 Å². The number of ether oxygens (including phenoxy) is 1. The van der Waals surface area contributed by atoms with Crippen LogP contribution in [0.4, 0.5) is 0 Å². The highest BCUT2D eigenvalue weighted by Gasteiger charge is 2.11. The van der Waals surface area contributed by atoms with Crippen molar-refractivity contribution in [3.8, 4) is 5.75 Å². The average molecular weight is 354 g/mol. The number of carbonyl (C=O) groups is 2. The fourth-order valence-electron chi connectivity index (χ4n) is 1.81. The molecule has 0 bridgehead atoms. The molecule has 122 valence electrons. The minimum atomic E-state index is -1.27. The normalized spacial score (nSPS) is 10.3. The molecule has 0 atom stereocenters. The number of halogens is 1. The number of hydrogen-bond acceptors (Lipinski definition) is 6. The molecule has 0 radical (unpaired) electrons. The molecule has 1 amide bonds. The maximum absolute atomic E-state index is 11.8. The number of aryl methyl sites for hydroxylation is 1. The van der Waals surface area contributed by atoms with E-state index in [2.05, 4.69) is 10.3 Å². The molecule has 0 aliphatic carbocycles. The molecule has 1 N–H and O–H groups in total. The number of aromatic nitrogens is 1. The van der Waals surface area contributed by atoms with Crippen molar-refractivity contribution < 1.29 is 19.4 Å². The summed E-state index contributed by atoms with van der Waals surface area (Å²) in [7, 11) is 0. The molecular formula is C15H14ClN2O4S-. The second-order valence-electron chi connectivity index (χ2n) is 4.64. The lowest BCUT2D eigenvalue weighted by atomic mass is 10.3. The minimum absolute atomic E-state index is 0.0275. The molecule has 23 heavy (non-hydrogen) atoms. The molecule has 2 aromatic rings. The summed E-state index contributed by atoms with van der Waals surface area (Å²) in [5.41, 5.74) is 0.365. The summed E-state index contributed by atoms with van der Waals surface area (Å²) in [6.07, 6.45) is 0.0275. The van der Waals surface area contributed by atoms with E-state index in [1.54, 1.807) is 31.2 Å². The highest BCUT2D eigenvalue weighted by Crippen LogP contribution is 2.17. The number of carboxylic acid groups (broad SMARTS) is 1. The largest absolute Gasteiger partial charge is 0.544 e. The van der Waals surface area contributed by atoms with Crippen LogP contribution < -0.4 is 15.2 Å². The number of amides is 1. The van der Waals surface area contributed by atoms with E-state index in [0.717, 1.165) is 11.3 Å². The first-order valence-electron chi connectivity index (χ1n) is 6.78. The van der Waals surface area contributed by atoms with E-state index < -0.39 is 5.97 Å². The summed E-state index contributed by atoms with van der Waals surface area (Å²) < 4.78 is 5.44. The number of nitrogens with one attached hydrogen (secondary N) is 1. The fraction of sp³-hybridized carbons (Fsp3) is 0.267. The van der Waals surface area contributed by atoms with Crippen molar-refractivity contribution >= 4 is 34.8 Å². The van der Waals surface area contributed by atoms with Gasteiger partial charge in [0, 0.05) is 5.02 Å². The van der Waals surface area contributed by atoms with Gasteiger partial charge in [-0.05, 0) is 31.2 Å². The summed E-state index contributed by atoms with van der Waals surface area (Å²) in [5, 5.41) is 14.6. The second-order valence-corrected chi connectivity index (χ2v) is 6.16. The van der Waals surface area contributed by atoms with Gasteiger partial charge in [0.2, 0.25) is 5.91 Å². The molecule has 8 heteroatoms. The maximum atomic E-state index is 11.8. The Balaban J connectivity index is 1.74. The van der Waals surface area contributed by atoms with Crippen LogP contribution in [0.15, 0.2) is 24.3 Å². The average Bonchev–Trinajstić information content (AvgIpc) is 2.86. The second kappa shape index (κ2) is 7.94. The summed E-state index contributed by atoms with van der Waals surface area (Å²) in [5.74, 6) is -0.857. The lowest BCUT2D eigenvalue weighted by Gasteiger charge is -2.07. The van der Waals surface area contributed by atoms with Crippen molar-refractivity contribution in [1.29, 1.82) is 0 Å². The van der Waals surface area contributed by atoms with E-state index in [0.29, 0.717) is 34.6 Å². The third-order valence-electron chi connectivity index (χ3n) is 2.84. The predicted molar refractivity (Wildman–Crippen MR) is 84.8 cm³/mol. The Bertz CT molecular complexity index is 700. The number of benzene rings is 1. The van der Waals surface area contributed by atoms with Gasteiger partial charge in [-0.1, -0.05) is 11.6 Å². The SMILES string of the molecule is Cc1nc(CC(=O)NCCOc2ccc(Cl)cc2)sc1C(=O)[O-]. The first-order valence-corrected chi connectivity index (χ1v) is 7.98. The Morgan fingerprint density at radius 2 is 2.04 bits per heavy atom. The van der Waals surface area contributed by atoms with E-state index in [1.165, 1.54) is 0 Å². The Labute approximate surface area is 142 Å². The number of hydrogen-bond donors (Lipinski definition) is 1. The molecule has 1 aromatic heterocycles. The fourth-order valence-corrected chi connectivity index (χ4v) is 2.83. The zero-order chi connectivity index (χ0) is 16.8. The Hall–Kier alpha value is -2.12. The first kappa shape index (κ1) is 17.2. The smallest absolute Gasteiger partial charge is 0.226 e. The number of carboxylic acids is 1. The molecule has 0 spiro atoms. The zero-order valence-electron chi connectivity index (χ0n) is 12.3. The van der Waals surface area contributed by atoms with Gasteiger partial charge < -0.3 is 20.0 Å². The molecule has 0 aliphatic rings. The number of thiazole rings is 1. The quantitative estimate of drug-likeness (QED) is 0.755.